The lowest BCUT2D eigenvalue weighted by Gasteiger charge is -2.09. The Kier molecular flexibility index (Phi) is 3.67. The van der Waals surface area contributed by atoms with Crippen LogP contribution in [-0.4, -0.2) is 21.2 Å². The van der Waals surface area contributed by atoms with Gasteiger partial charge in [0.25, 0.3) is 5.91 Å². The second-order valence-electron chi connectivity index (χ2n) is 3.94. The summed E-state index contributed by atoms with van der Waals surface area (Å²) in [5.41, 5.74) is -0.139. The van der Waals surface area contributed by atoms with E-state index in [0.29, 0.717) is 0 Å². The first-order valence-corrected chi connectivity index (χ1v) is 5.77. The maximum Gasteiger partial charge on any atom is 0.255 e. The van der Waals surface area contributed by atoms with Crippen molar-refractivity contribution < 1.29 is 24.5 Å². The van der Waals surface area contributed by atoms with Crippen molar-refractivity contribution >= 4 is 23.2 Å². The molecule has 0 aliphatic carbocycles. The summed E-state index contributed by atoms with van der Waals surface area (Å²) in [6.07, 6.45) is 0. The molecule has 0 heterocycles. The fourth-order valence-corrected chi connectivity index (χ4v) is 1.65. The van der Waals surface area contributed by atoms with E-state index in [0.717, 1.165) is 24.3 Å². The van der Waals surface area contributed by atoms with Gasteiger partial charge in [0, 0.05) is 17.7 Å². The fourth-order valence-electron chi connectivity index (χ4n) is 1.49. The Labute approximate surface area is 117 Å². The Balaban J connectivity index is 2.27. The van der Waals surface area contributed by atoms with Gasteiger partial charge in [-0.2, -0.15) is 0 Å². The largest absolute Gasteiger partial charge is 0.506 e. The van der Waals surface area contributed by atoms with E-state index in [-0.39, 0.29) is 27.8 Å². The maximum atomic E-state index is 13.1. The summed E-state index contributed by atoms with van der Waals surface area (Å²) in [5.74, 6) is -2.91. The molecular weight excluding hydrogens is 289 g/mol. The Morgan fingerprint density at radius 1 is 1.05 bits per heavy atom. The molecule has 0 aliphatic rings. The molecule has 0 unspecified atom stereocenters. The SMILES string of the molecule is O=C(Nc1cc(O)c(Cl)cc1O)c1ccc(O)c(F)c1. The number of aromatic hydroxyl groups is 3. The van der Waals surface area contributed by atoms with Gasteiger partial charge in [-0.25, -0.2) is 4.39 Å². The highest BCUT2D eigenvalue weighted by Crippen LogP contribution is 2.34. The van der Waals surface area contributed by atoms with Crippen molar-refractivity contribution in [2.24, 2.45) is 0 Å². The molecule has 7 heteroatoms. The van der Waals surface area contributed by atoms with Crippen LogP contribution in [0.3, 0.4) is 0 Å². The molecule has 2 rings (SSSR count). The van der Waals surface area contributed by atoms with Gasteiger partial charge >= 0.3 is 0 Å². The molecule has 0 saturated carbocycles. The predicted octanol–water partition coefficient (Wildman–Crippen LogP) is 2.85. The summed E-state index contributed by atoms with van der Waals surface area (Å²) in [4.78, 5) is 11.8. The smallest absolute Gasteiger partial charge is 0.255 e. The summed E-state index contributed by atoms with van der Waals surface area (Å²) < 4.78 is 13.1. The number of halogens is 2. The molecule has 0 spiro atoms. The van der Waals surface area contributed by atoms with Crippen LogP contribution in [0.2, 0.25) is 5.02 Å². The molecule has 1 amide bonds. The third kappa shape index (κ3) is 2.75. The lowest BCUT2D eigenvalue weighted by atomic mass is 10.2. The van der Waals surface area contributed by atoms with E-state index in [2.05, 4.69) is 5.32 Å². The van der Waals surface area contributed by atoms with Gasteiger partial charge in [-0.15, -0.1) is 0 Å². The monoisotopic (exact) mass is 297 g/mol. The quantitative estimate of drug-likeness (QED) is 0.507. The first kappa shape index (κ1) is 14.0. The van der Waals surface area contributed by atoms with Crippen molar-refractivity contribution in [3.8, 4) is 17.2 Å². The molecule has 2 aromatic carbocycles. The lowest BCUT2D eigenvalue weighted by Crippen LogP contribution is -2.12. The van der Waals surface area contributed by atoms with Crippen molar-refractivity contribution in [3.63, 3.8) is 0 Å². The highest BCUT2D eigenvalue weighted by Gasteiger charge is 2.13. The maximum absolute atomic E-state index is 13.1. The zero-order chi connectivity index (χ0) is 14.9. The molecule has 0 saturated heterocycles. The molecule has 20 heavy (non-hydrogen) atoms. The summed E-state index contributed by atoms with van der Waals surface area (Å²) >= 11 is 5.58. The van der Waals surface area contributed by atoms with E-state index in [4.69, 9.17) is 16.7 Å². The second-order valence-corrected chi connectivity index (χ2v) is 4.35. The Morgan fingerprint density at radius 2 is 1.75 bits per heavy atom. The average Bonchev–Trinajstić information content (AvgIpc) is 2.39. The molecule has 0 atom stereocenters. The number of benzene rings is 2. The molecular formula is C13H9ClFNO4. The molecule has 0 bridgehead atoms. The summed E-state index contributed by atoms with van der Waals surface area (Å²) in [7, 11) is 0. The summed E-state index contributed by atoms with van der Waals surface area (Å²) in [6, 6.07) is 5.21. The fraction of sp³-hybridized carbons (Fsp3) is 0. The number of rotatable bonds is 2. The van der Waals surface area contributed by atoms with Crippen molar-refractivity contribution in [2.45, 2.75) is 0 Å². The molecule has 2 aromatic rings. The number of amides is 1. The number of nitrogens with one attached hydrogen (secondary N) is 1. The van der Waals surface area contributed by atoms with Gasteiger partial charge in [-0.05, 0) is 18.2 Å². The zero-order valence-electron chi connectivity index (χ0n) is 9.89. The van der Waals surface area contributed by atoms with E-state index in [9.17, 15) is 19.4 Å². The van der Waals surface area contributed by atoms with Gasteiger partial charge < -0.3 is 20.6 Å². The van der Waals surface area contributed by atoms with Gasteiger partial charge in [0.15, 0.2) is 11.6 Å². The molecule has 0 fully saturated rings. The lowest BCUT2D eigenvalue weighted by molar-refractivity contribution is 0.102. The van der Waals surface area contributed by atoms with Crippen LogP contribution in [0.4, 0.5) is 10.1 Å². The number of phenolic OH excluding ortho intramolecular Hbond substituents is 3. The number of carbonyl (C=O) groups is 1. The van der Waals surface area contributed by atoms with Gasteiger partial charge in [0.1, 0.15) is 11.5 Å². The topological polar surface area (TPSA) is 89.8 Å². The zero-order valence-corrected chi connectivity index (χ0v) is 10.6. The van der Waals surface area contributed by atoms with E-state index < -0.39 is 17.5 Å². The third-order valence-electron chi connectivity index (χ3n) is 2.52. The highest BCUT2D eigenvalue weighted by atomic mass is 35.5. The van der Waals surface area contributed by atoms with E-state index in [1.165, 1.54) is 6.07 Å². The minimum atomic E-state index is -0.944. The van der Waals surface area contributed by atoms with Crippen molar-refractivity contribution in [1.82, 2.24) is 0 Å². The predicted molar refractivity (Wildman–Crippen MR) is 70.8 cm³/mol. The molecule has 4 N–H and O–H groups in total. The van der Waals surface area contributed by atoms with E-state index >= 15 is 0 Å². The van der Waals surface area contributed by atoms with E-state index in [1.807, 2.05) is 0 Å². The molecule has 5 nitrogen and oxygen atoms in total. The first-order chi connectivity index (χ1) is 9.38. The van der Waals surface area contributed by atoms with Crippen molar-refractivity contribution in [2.75, 3.05) is 5.32 Å². The summed E-state index contributed by atoms with van der Waals surface area (Å²) in [5, 5.41) is 30.2. The van der Waals surface area contributed by atoms with Gasteiger partial charge in [-0.3, -0.25) is 4.79 Å². The van der Waals surface area contributed by atoms with Gasteiger partial charge in [0.2, 0.25) is 0 Å². The van der Waals surface area contributed by atoms with Crippen LogP contribution < -0.4 is 5.32 Å². The van der Waals surface area contributed by atoms with Crippen LogP contribution in [0.5, 0.6) is 17.2 Å². The molecule has 0 radical (unpaired) electrons. The number of hydrogen-bond donors (Lipinski definition) is 4. The Hall–Kier alpha value is -2.47. The second kappa shape index (κ2) is 5.26. The number of anilines is 1. The molecule has 0 aliphatic heterocycles. The number of carbonyl (C=O) groups excluding carboxylic acids is 1. The van der Waals surface area contributed by atoms with Crippen LogP contribution in [-0.2, 0) is 0 Å². The Morgan fingerprint density at radius 3 is 2.40 bits per heavy atom. The van der Waals surface area contributed by atoms with Gasteiger partial charge in [-0.1, -0.05) is 11.6 Å². The normalized spacial score (nSPS) is 10.3. The van der Waals surface area contributed by atoms with E-state index in [1.54, 1.807) is 0 Å². The standard InChI is InChI=1S/C13H9ClFNO4/c14-7-4-12(19)9(5-11(7)18)16-13(20)6-1-2-10(17)8(15)3-6/h1-5,17-19H,(H,16,20). The van der Waals surface area contributed by atoms with Crippen LogP contribution in [0.1, 0.15) is 10.4 Å². The van der Waals surface area contributed by atoms with Crippen LogP contribution in [0, 0.1) is 5.82 Å². The van der Waals surface area contributed by atoms with Gasteiger partial charge in [0.05, 0.1) is 10.7 Å². The molecule has 0 aromatic heterocycles. The average molecular weight is 298 g/mol. The highest BCUT2D eigenvalue weighted by molar-refractivity contribution is 6.32. The number of phenols is 3. The molecule has 104 valence electrons. The van der Waals surface area contributed by atoms with Crippen LogP contribution in [0.15, 0.2) is 30.3 Å². The third-order valence-corrected chi connectivity index (χ3v) is 2.83. The number of hydrogen-bond acceptors (Lipinski definition) is 4. The van der Waals surface area contributed by atoms with Crippen molar-refractivity contribution in [1.29, 1.82) is 0 Å². The first-order valence-electron chi connectivity index (χ1n) is 5.40. The van der Waals surface area contributed by atoms with Crippen LogP contribution in [0.25, 0.3) is 0 Å². The summed E-state index contributed by atoms with van der Waals surface area (Å²) in [6.45, 7) is 0. The van der Waals surface area contributed by atoms with Crippen molar-refractivity contribution in [3.05, 3.63) is 46.7 Å². The minimum absolute atomic E-state index is 0.0610. The van der Waals surface area contributed by atoms with Crippen LogP contribution >= 0.6 is 11.6 Å². The minimum Gasteiger partial charge on any atom is -0.506 e. The Bertz CT molecular complexity index is 690.